The van der Waals surface area contributed by atoms with Crippen molar-refractivity contribution in [1.82, 2.24) is 10.3 Å². The second kappa shape index (κ2) is 4.08. The Morgan fingerprint density at radius 2 is 2.20 bits per heavy atom. The van der Waals surface area contributed by atoms with Crippen molar-refractivity contribution < 1.29 is 8.42 Å². The molecule has 0 unspecified atom stereocenters. The summed E-state index contributed by atoms with van der Waals surface area (Å²) < 4.78 is 21.8. The Hall–Kier alpha value is -0.650. The molecule has 2 rings (SSSR count). The monoisotopic (exact) mass is 246 g/mol. The zero-order valence-electron chi connectivity index (χ0n) is 7.98. The molecule has 1 saturated heterocycles. The van der Waals surface area contributed by atoms with Gasteiger partial charge in [0.05, 0.1) is 11.5 Å². The highest BCUT2D eigenvalue weighted by molar-refractivity contribution is 7.92. The highest BCUT2D eigenvalue weighted by Crippen LogP contribution is 2.11. The number of halogens is 1. The first kappa shape index (κ1) is 10.9. The molecule has 6 heteroatoms. The van der Waals surface area contributed by atoms with E-state index in [4.69, 9.17) is 11.6 Å². The maximum Gasteiger partial charge on any atom is 0.153 e. The molecule has 0 bridgehead atoms. The summed E-state index contributed by atoms with van der Waals surface area (Å²) in [6, 6.07) is 3.68. The molecule has 1 aromatic heterocycles. The molecule has 1 fully saturated rings. The van der Waals surface area contributed by atoms with Gasteiger partial charge in [-0.15, -0.1) is 0 Å². The van der Waals surface area contributed by atoms with E-state index in [1.807, 2.05) is 6.07 Å². The van der Waals surface area contributed by atoms with Gasteiger partial charge in [0, 0.05) is 18.8 Å². The van der Waals surface area contributed by atoms with Crippen LogP contribution in [0, 0.1) is 0 Å². The molecule has 0 spiro atoms. The summed E-state index contributed by atoms with van der Waals surface area (Å²) in [5, 5.41) is 3.61. The van der Waals surface area contributed by atoms with Crippen molar-refractivity contribution >= 4 is 21.4 Å². The van der Waals surface area contributed by atoms with E-state index in [1.54, 1.807) is 12.3 Å². The molecule has 0 atom stereocenters. The number of sulfone groups is 1. The fraction of sp³-hybridized carbons (Fsp3) is 0.444. The van der Waals surface area contributed by atoms with Crippen molar-refractivity contribution in [3.63, 3.8) is 0 Å². The third kappa shape index (κ3) is 2.90. The van der Waals surface area contributed by atoms with Crippen molar-refractivity contribution in [1.29, 1.82) is 0 Å². The fourth-order valence-electron chi connectivity index (χ4n) is 1.46. The van der Waals surface area contributed by atoms with Crippen LogP contribution in [0.3, 0.4) is 0 Å². The second-order valence-corrected chi connectivity index (χ2v) is 6.18. The average Bonchev–Trinajstić information content (AvgIpc) is 2.14. The molecule has 1 aromatic rings. The summed E-state index contributed by atoms with van der Waals surface area (Å²) >= 11 is 5.64. The fourth-order valence-corrected chi connectivity index (χ4v) is 2.93. The van der Waals surface area contributed by atoms with E-state index < -0.39 is 9.84 Å². The number of hydrogen-bond donors (Lipinski definition) is 1. The predicted molar refractivity (Wildman–Crippen MR) is 58.5 cm³/mol. The van der Waals surface area contributed by atoms with E-state index in [-0.39, 0.29) is 17.5 Å². The molecule has 82 valence electrons. The number of aromatic nitrogens is 1. The Balaban J connectivity index is 1.82. The lowest BCUT2D eigenvalue weighted by atomic mass is 10.2. The summed E-state index contributed by atoms with van der Waals surface area (Å²) in [4.78, 5) is 3.94. The van der Waals surface area contributed by atoms with Crippen LogP contribution in [0.2, 0.25) is 5.15 Å². The van der Waals surface area contributed by atoms with Gasteiger partial charge in [-0.25, -0.2) is 13.4 Å². The van der Waals surface area contributed by atoms with Crippen LogP contribution in [-0.2, 0) is 16.4 Å². The first-order valence-electron chi connectivity index (χ1n) is 4.59. The molecule has 1 aliphatic heterocycles. The highest BCUT2D eigenvalue weighted by atomic mass is 35.5. The van der Waals surface area contributed by atoms with Crippen LogP contribution in [0.5, 0.6) is 0 Å². The predicted octanol–water partition coefficient (Wildman–Crippen LogP) is 0.622. The molecular formula is C9H11ClN2O2S. The normalized spacial score (nSPS) is 19.8. The number of hydrogen-bond acceptors (Lipinski definition) is 4. The minimum Gasteiger partial charge on any atom is -0.308 e. The summed E-state index contributed by atoms with van der Waals surface area (Å²) in [6.07, 6.45) is 1.68. The smallest absolute Gasteiger partial charge is 0.153 e. The molecule has 4 nitrogen and oxygen atoms in total. The SMILES string of the molecule is O=S1(=O)CC(NCc2ccc(Cl)nc2)C1. The lowest BCUT2D eigenvalue weighted by molar-refractivity contribution is 0.511. The first-order chi connectivity index (χ1) is 7.05. The van der Waals surface area contributed by atoms with Gasteiger partial charge < -0.3 is 5.32 Å². The van der Waals surface area contributed by atoms with Gasteiger partial charge in [0.15, 0.2) is 9.84 Å². The molecule has 0 saturated carbocycles. The Bertz CT molecular complexity index is 432. The van der Waals surface area contributed by atoms with Crippen LogP contribution in [0.4, 0.5) is 0 Å². The molecule has 1 N–H and O–H groups in total. The van der Waals surface area contributed by atoms with E-state index in [0.717, 1.165) is 5.56 Å². The lowest BCUT2D eigenvalue weighted by Crippen LogP contribution is -2.50. The summed E-state index contributed by atoms with van der Waals surface area (Å²) in [7, 11) is -2.74. The number of nitrogens with zero attached hydrogens (tertiary/aromatic N) is 1. The number of pyridine rings is 1. The number of nitrogens with one attached hydrogen (secondary N) is 1. The summed E-state index contributed by atoms with van der Waals surface area (Å²) in [5.74, 6) is 0.488. The molecule has 0 aliphatic carbocycles. The third-order valence-corrected chi connectivity index (χ3v) is 4.34. The average molecular weight is 247 g/mol. The Morgan fingerprint density at radius 3 is 2.73 bits per heavy atom. The van der Waals surface area contributed by atoms with E-state index in [2.05, 4.69) is 10.3 Å². The second-order valence-electron chi connectivity index (χ2n) is 3.64. The van der Waals surface area contributed by atoms with Crippen LogP contribution >= 0.6 is 11.6 Å². The van der Waals surface area contributed by atoms with E-state index in [0.29, 0.717) is 11.7 Å². The van der Waals surface area contributed by atoms with Gasteiger partial charge in [-0.3, -0.25) is 0 Å². The van der Waals surface area contributed by atoms with Gasteiger partial charge in [-0.1, -0.05) is 17.7 Å². The molecule has 0 radical (unpaired) electrons. The standard InChI is InChI=1S/C9H11ClN2O2S/c10-9-2-1-7(4-12-9)3-11-8-5-15(13,14)6-8/h1-2,4,8,11H,3,5-6H2. The molecule has 0 aromatic carbocycles. The van der Waals surface area contributed by atoms with Crippen molar-refractivity contribution in [2.75, 3.05) is 11.5 Å². The highest BCUT2D eigenvalue weighted by Gasteiger charge is 2.32. The van der Waals surface area contributed by atoms with Gasteiger partial charge in [-0.05, 0) is 11.6 Å². The van der Waals surface area contributed by atoms with Gasteiger partial charge in [-0.2, -0.15) is 0 Å². The molecule has 15 heavy (non-hydrogen) atoms. The minimum absolute atomic E-state index is 0.0886. The van der Waals surface area contributed by atoms with Gasteiger partial charge in [0.2, 0.25) is 0 Å². The largest absolute Gasteiger partial charge is 0.308 e. The van der Waals surface area contributed by atoms with Gasteiger partial charge >= 0.3 is 0 Å². The summed E-state index contributed by atoms with van der Waals surface area (Å²) in [6.45, 7) is 0.629. The maximum absolute atomic E-state index is 10.9. The van der Waals surface area contributed by atoms with Crippen molar-refractivity contribution in [3.05, 3.63) is 29.0 Å². The van der Waals surface area contributed by atoms with Gasteiger partial charge in [0.1, 0.15) is 5.15 Å². The van der Waals surface area contributed by atoms with Crippen LogP contribution in [0.15, 0.2) is 18.3 Å². The summed E-state index contributed by atoms with van der Waals surface area (Å²) in [5.41, 5.74) is 1.00. The number of rotatable bonds is 3. The van der Waals surface area contributed by atoms with Crippen molar-refractivity contribution in [2.45, 2.75) is 12.6 Å². The lowest BCUT2D eigenvalue weighted by Gasteiger charge is -2.26. The molecule has 0 amide bonds. The van der Waals surface area contributed by atoms with Crippen molar-refractivity contribution in [2.24, 2.45) is 0 Å². The van der Waals surface area contributed by atoms with E-state index in [9.17, 15) is 8.42 Å². The van der Waals surface area contributed by atoms with Crippen LogP contribution < -0.4 is 5.32 Å². The Labute approximate surface area is 93.6 Å². The van der Waals surface area contributed by atoms with Crippen LogP contribution in [0.1, 0.15) is 5.56 Å². The zero-order valence-corrected chi connectivity index (χ0v) is 9.55. The van der Waals surface area contributed by atoms with Crippen molar-refractivity contribution in [3.8, 4) is 0 Å². The maximum atomic E-state index is 10.9. The topological polar surface area (TPSA) is 59.1 Å². The quantitative estimate of drug-likeness (QED) is 0.795. The molecular weight excluding hydrogens is 236 g/mol. The zero-order chi connectivity index (χ0) is 10.9. The minimum atomic E-state index is -2.74. The molecule has 2 heterocycles. The van der Waals surface area contributed by atoms with E-state index in [1.165, 1.54) is 0 Å². The Morgan fingerprint density at radius 1 is 1.47 bits per heavy atom. The van der Waals surface area contributed by atoms with Gasteiger partial charge in [0.25, 0.3) is 0 Å². The van der Waals surface area contributed by atoms with Crippen LogP contribution in [0.25, 0.3) is 0 Å². The Kier molecular flexibility index (Phi) is 2.95. The first-order valence-corrected chi connectivity index (χ1v) is 6.79. The molecule has 1 aliphatic rings. The van der Waals surface area contributed by atoms with Crippen LogP contribution in [-0.4, -0.2) is 30.9 Å². The third-order valence-electron chi connectivity index (χ3n) is 2.29. The van der Waals surface area contributed by atoms with E-state index >= 15 is 0 Å².